The van der Waals surface area contributed by atoms with Crippen LogP contribution in [0.25, 0.3) is 22.2 Å². The summed E-state index contributed by atoms with van der Waals surface area (Å²) in [6.45, 7) is 5.91. The minimum Gasteiger partial charge on any atom is -0.493 e. The van der Waals surface area contributed by atoms with Gasteiger partial charge in [0.2, 0.25) is 0 Å². The van der Waals surface area contributed by atoms with E-state index < -0.39 is 17.7 Å². The van der Waals surface area contributed by atoms with Gasteiger partial charge in [0.05, 0.1) is 19.7 Å². The summed E-state index contributed by atoms with van der Waals surface area (Å²) in [5.74, 6) is 1.04. The molecule has 5 rings (SSSR count). The van der Waals surface area contributed by atoms with Gasteiger partial charge in [-0.2, -0.15) is 0 Å². The number of hydrogen-bond donors (Lipinski definition) is 2. The van der Waals surface area contributed by atoms with Crippen LogP contribution in [0.15, 0.2) is 66.9 Å². The summed E-state index contributed by atoms with van der Waals surface area (Å²) < 4.78 is 48.2. The Kier molecular flexibility index (Phi) is 7.90. The highest BCUT2D eigenvalue weighted by molar-refractivity contribution is 6.01. The molecular weight excluding hydrogens is 556 g/mol. The lowest BCUT2D eigenvalue weighted by Gasteiger charge is -2.18. The molecule has 0 fully saturated rings. The van der Waals surface area contributed by atoms with Crippen molar-refractivity contribution in [2.45, 2.75) is 26.2 Å². The Hall–Kier alpha value is -5.19. The SMILES string of the molecule is COc1cc2nccc(Oc3ccc(NC(=O)Nc4c(-c5ccccc5F)nc(C(C)(C)C)n4C)cc3F)c2cc1OC. The first-order valence-electron chi connectivity index (χ1n) is 13.4. The van der Waals surface area contributed by atoms with Crippen LogP contribution in [0.2, 0.25) is 0 Å². The predicted molar refractivity (Wildman–Crippen MR) is 161 cm³/mol. The van der Waals surface area contributed by atoms with Gasteiger partial charge in [-0.15, -0.1) is 0 Å². The number of benzene rings is 3. The zero-order valence-electron chi connectivity index (χ0n) is 24.6. The maximum Gasteiger partial charge on any atom is 0.324 e. The number of aromatic nitrogens is 3. The second-order valence-corrected chi connectivity index (χ2v) is 10.8. The van der Waals surface area contributed by atoms with E-state index in [-0.39, 0.29) is 28.1 Å². The number of nitrogens with zero attached hydrogens (tertiary/aromatic N) is 3. The Morgan fingerprint density at radius 3 is 2.26 bits per heavy atom. The molecule has 2 aromatic heterocycles. The highest BCUT2D eigenvalue weighted by Gasteiger charge is 2.27. The van der Waals surface area contributed by atoms with Crippen molar-refractivity contribution < 1.29 is 27.8 Å². The zero-order valence-corrected chi connectivity index (χ0v) is 24.6. The highest BCUT2D eigenvalue weighted by atomic mass is 19.1. The summed E-state index contributed by atoms with van der Waals surface area (Å²) in [5.41, 5.74) is 0.899. The average molecular weight is 588 g/mol. The van der Waals surface area contributed by atoms with Crippen molar-refractivity contribution in [1.29, 1.82) is 0 Å². The molecule has 0 spiro atoms. The van der Waals surface area contributed by atoms with Crippen molar-refractivity contribution >= 4 is 28.4 Å². The van der Waals surface area contributed by atoms with E-state index in [9.17, 15) is 9.18 Å². The lowest BCUT2D eigenvalue weighted by Crippen LogP contribution is -2.23. The lowest BCUT2D eigenvalue weighted by atomic mass is 9.96. The average Bonchev–Trinajstić information content (AvgIpc) is 3.29. The van der Waals surface area contributed by atoms with Gasteiger partial charge in [-0.05, 0) is 36.4 Å². The predicted octanol–water partition coefficient (Wildman–Crippen LogP) is 7.66. The van der Waals surface area contributed by atoms with E-state index in [2.05, 4.69) is 20.6 Å². The molecule has 0 unspecified atom stereocenters. The van der Waals surface area contributed by atoms with Crippen LogP contribution in [-0.2, 0) is 12.5 Å². The molecule has 2 heterocycles. The molecule has 0 atom stereocenters. The van der Waals surface area contributed by atoms with Gasteiger partial charge in [0.15, 0.2) is 23.1 Å². The van der Waals surface area contributed by atoms with Crippen LogP contribution in [0.4, 0.5) is 25.1 Å². The molecule has 11 heteroatoms. The number of carbonyl (C=O) groups is 1. The molecule has 3 aromatic carbocycles. The van der Waals surface area contributed by atoms with Gasteiger partial charge >= 0.3 is 6.03 Å². The summed E-state index contributed by atoms with van der Waals surface area (Å²) >= 11 is 0. The number of hydrogen-bond acceptors (Lipinski definition) is 6. The molecule has 0 aliphatic heterocycles. The standard InChI is InChI=1S/C32H31F2N5O4/c1-32(2,3)30-37-28(19-9-7-8-10-21(19)33)29(39(30)4)38-31(40)36-18-11-12-25(22(34)15-18)43-24-13-14-35-23-17-27(42-6)26(41-5)16-20(23)24/h7-17H,1-6H3,(H2,36,38,40). The van der Waals surface area contributed by atoms with E-state index in [4.69, 9.17) is 14.2 Å². The third kappa shape index (κ3) is 5.92. The van der Waals surface area contributed by atoms with Gasteiger partial charge < -0.3 is 24.1 Å². The number of amides is 2. The van der Waals surface area contributed by atoms with Crippen molar-refractivity contribution in [3.8, 4) is 34.3 Å². The second kappa shape index (κ2) is 11.6. The fourth-order valence-electron chi connectivity index (χ4n) is 4.74. The summed E-state index contributed by atoms with van der Waals surface area (Å²) in [6.07, 6.45) is 1.54. The Morgan fingerprint density at radius 2 is 1.58 bits per heavy atom. The number of rotatable bonds is 7. The van der Waals surface area contributed by atoms with Gasteiger partial charge in [0.25, 0.3) is 0 Å². The Labute approximate surface area is 247 Å². The first-order chi connectivity index (χ1) is 20.5. The minimum atomic E-state index is -0.703. The third-order valence-corrected chi connectivity index (χ3v) is 6.74. The van der Waals surface area contributed by atoms with Gasteiger partial charge in [0.1, 0.15) is 28.9 Å². The Morgan fingerprint density at radius 1 is 0.860 bits per heavy atom. The summed E-state index contributed by atoms with van der Waals surface area (Å²) in [4.78, 5) is 22.1. The van der Waals surface area contributed by atoms with Gasteiger partial charge in [0, 0.05) is 47.4 Å². The van der Waals surface area contributed by atoms with Gasteiger partial charge in [-0.1, -0.05) is 32.9 Å². The third-order valence-electron chi connectivity index (χ3n) is 6.74. The normalized spacial score (nSPS) is 11.3. The van der Waals surface area contributed by atoms with Crippen molar-refractivity contribution in [2.75, 3.05) is 24.9 Å². The summed E-state index contributed by atoms with van der Waals surface area (Å²) in [5, 5.41) is 5.98. The van der Waals surface area contributed by atoms with E-state index in [1.165, 1.54) is 32.4 Å². The number of halogens is 2. The number of pyridine rings is 1. The van der Waals surface area contributed by atoms with Gasteiger partial charge in [-0.3, -0.25) is 10.3 Å². The van der Waals surface area contributed by atoms with Crippen molar-refractivity contribution in [1.82, 2.24) is 14.5 Å². The van der Waals surface area contributed by atoms with Crippen LogP contribution in [0.5, 0.6) is 23.0 Å². The number of methoxy groups -OCH3 is 2. The van der Waals surface area contributed by atoms with E-state index in [1.807, 2.05) is 20.8 Å². The molecule has 0 saturated heterocycles. The lowest BCUT2D eigenvalue weighted by molar-refractivity contribution is 0.262. The van der Waals surface area contributed by atoms with E-state index >= 15 is 4.39 Å². The molecule has 222 valence electrons. The zero-order chi connectivity index (χ0) is 30.9. The summed E-state index contributed by atoms with van der Waals surface area (Å²) in [6, 6.07) is 14.6. The number of anilines is 2. The molecule has 0 aliphatic rings. The maximum absolute atomic E-state index is 15.2. The molecule has 43 heavy (non-hydrogen) atoms. The van der Waals surface area contributed by atoms with Crippen LogP contribution in [-0.4, -0.2) is 34.8 Å². The monoisotopic (exact) mass is 587 g/mol. The molecular formula is C32H31F2N5O4. The maximum atomic E-state index is 15.2. The smallest absolute Gasteiger partial charge is 0.324 e. The summed E-state index contributed by atoms with van der Waals surface area (Å²) in [7, 11) is 4.78. The molecule has 2 amide bonds. The highest BCUT2D eigenvalue weighted by Crippen LogP contribution is 2.38. The van der Waals surface area contributed by atoms with E-state index in [0.717, 1.165) is 6.07 Å². The largest absolute Gasteiger partial charge is 0.493 e. The van der Waals surface area contributed by atoms with Crippen molar-refractivity contribution in [3.05, 3.63) is 84.3 Å². The number of nitrogens with one attached hydrogen (secondary N) is 2. The number of fused-ring (bicyclic) bond motifs is 1. The molecule has 0 saturated carbocycles. The van der Waals surface area contributed by atoms with Gasteiger partial charge in [-0.25, -0.2) is 18.6 Å². The van der Waals surface area contributed by atoms with Crippen molar-refractivity contribution in [2.24, 2.45) is 7.05 Å². The fourth-order valence-corrected chi connectivity index (χ4v) is 4.74. The van der Waals surface area contributed by atoms with E-state index in [1.54, 1.807) is 54.2 Å². The Bertz CT molecular complexity index is 1830. The number of imidazole rings is 1. The Balaban J connectivity index is 1.38. The number of carbonyl (C=O) groups excluding carboxylic acids is 1. The molecule has 9 nitrogen and oxygen atoms in total. The topological polar surface area (TPSA) is 99.5 Å². The minimum absolute atomic E-state index is 0.0588. The fraction of sp³-hybridized carbons (Fsp3) is 0.219. The molecule has 2 N–H and O–H groups in total. The first-order valence-corrected chi connectivity index (χ1v) is 13.4. The van der Waals surface area contributed by atoms with Crippen LogP contribution < -0.4 is 24.8 Å². The second-order valence-electron chi connectivity index (χ2n) is 10.8. The molecule has 0 bridgehead atoms. The van der Waals surface area contributed by atoms with Crippen LogP contribution in [0.1, 0.15) is 26.6 Å². The van der Waals surface area contributed by atoms with Crippen LogP contribution in [0, 0.1) is 11.6 Å². The molecule has 5 aromatic rings. The number of urea groups is 1. The quantitative estimate of drug-likeness (QED) is 0.203. The van der Waals surface area contributed by atoms with Crippen molar-refractivity contribution in [3.63, 3.8) is 0 Å². The molecule has 0 radical (unpaired) electrons. The first kappa shape index (κ1) is 29.3. The molecule has 0 aliphatic carbocycles. The van der Waals surface area contributed by atoms with Crippen LogP contribution in [0.3, 0.4) is 0 Å². The van der Waals surface area contributed by atoms with Crippen LogP contribution >= 0.6 is 0 Å². The van der Waals surface area contributed by atoms with E-state index in [0.29, 0.717) is 39.8 Å². The number of ether oxygens (including phenoxy) is 3.